The predicted octanol–water partition coefficient (Wildman–Crippen LogP) is 3.07. The Kier molecular flexibility index (Phi) is 1.95. The molecule has 0 saturated carbocycles. The molecule has 1 aliphatic carbocycles. The Hall–Kier alpha value is -1.11. The summed E-state index contributed by atoms with van der Waals surface area (Å²) in [6.45, 7) is 4.55. The van der Waals surface area contributed by atoms with E-state index in [0.717, 1.165) is 6.42 Å². The molecule has 68 valence electrons. The number of pyridine rings is 1. The molecule has 0 spiro atoms. The Balaban J connectivity index is 2.39. The zero-order valence-corrected chi connectivity index (χ0v) is 8.25. The fraction of sp³-hybridized carbons (Fsp3) is 0.417. The second-order valence-electron chi connectivity index (χ2n) is 4.36. The third kappa shape index (κ3) is 1.80. The molecule has 0 aromatic carbocycles. The molecule has 0 N–H and O–H groups in total. The maximum Gasteiger partial charge on any atom is 0.0476 e. The summed E-state index contributed by atoms with van der Waals surface area (Å²) >= 11 is 0. The van der Waals surface area contributed by atoms with Crippen LogP contribution in [0.2, 0.25) is 0 Å². The van der Waals surface area contributed by atoms with Gasteiger partial charge in [-0.25, -0.2) is 0 Å². The normalized spacial score (nSPS) is 19.2. The van der Waals surface area contributed by atoms with Crippen LogP contribution in [0.15, 0.2) is 24.4 Å². The van der Waals surface area contributed by atoms with Gasteiger partial charge in [0, 0.05) is 11.9 Å². The topological polar surface area (TPSA) is 12.9 Å². The summed E-state index contributed by atoms with van der Waals surface area (Å²) in [6.07, 6.45) is 8.66. The van der Waals surface area contributed by atoms with Crippen molar-refractivity contribution in [2.45, 2.75) is 26.7 Å². The van der Waals surface area contributed by atoms with Crippen LogP contribution < -0.4 is 0 Å². The van der Waals surface area contributed by atoms with Gasteiger partial charge < -0.3 is 0 Å². The number of aromatic nitrogens is 1. The number of hydrogen-bond donors (Lipinski definition) is 0. The molecule has 2 rings (SSSR count). The maximum atomic E-state index is 4.39. The van der Waals surface area contributed by atoms with E-state index >= 15 is 0 Å². The van der Waals surface area contributed by atoms with Crippen LogP contribution in [-0.2, 0) is 6.42 Å². The molecule has 0 aliphatic heterocycles. The number of rotatable bonds is 0. The van der Waals surface area contributed by atoms with Crippen molar-refractivity contribution in [1.82, 2.24) is 4.98 Å². The van der Waals surface area contributed by atoms with E-state index in [1.807, 2.05) is 12.3 Å². The predicted molar refractivity (Wildman–Crippen MR) is 55.4 cm³/mol. The summed E-state index contributed by atoms with van der Waals surface area (Å²) in [4.78, 5) is 4.39. The molecule has 0 radical (unpaired) electrons. The van der Waals surface area contributed by atoms with Crippen molar-refractivity contribution in [1.29, 1.82) is 0 Å². The van der Waals surface area contributed by atoms with Crippen LogP contribution in [0.1, 0.15) is 31.5 Å². The minimum absolute atomic E-state index is 0.320. The maximum absolute atomic E-state index is 4.39. The van der Waals surface area contributed by atoms with Crippen LogP contribution in [0.5, 0.6) is 0 Å². The average Bonchev–Trinajstić information content (AvgIpc) is 2.27. The average molecular weight is 173 g/mol. The lowest BCUT2D eigenvalue weighted by molar-refractivity contribution is 0.441. The summed E-state index contributed by atoms with van der Waals surface area (Å²) in [7, 11) is 0. The van der Waals surface area contributed by atoms with Gasteiger partial charge in [-0.15, -0.1) is 0 Å². The highest BCUT2D eigenvalue weighted by Crippen LogP contribution is 2.29. The van der Waals surface area contributed by atoms with Gasteiger partial charge in [-0.05, 0) is 29.9 Å². The lowest BCUT2D eigenvalue weighted by Gasteiger charge is -2.17. The highest BCUT2D eigenvalue weighted by molar-refractivity contribution is 5.53. The van der Waals surface area contributed by atoms with Crippen LogP contribution in [0.4, 0.5) is 0 Å². The fourth-order valence-corrected chi connectivity index (χ4v) is 1.65. The molecule has 0 unspecified atom stereocenters. The molecule has 1 aromatic rings. The van der Waals surface area contributed by atoms with Crippen molar-refractivity contribution >= 4 is 6.08 Å². The Morgan fingerprint density at radius 1 is 1.38 bits per heavy atom. The minimum Gasteiger partial charge on any atom is -0.261 e. The molecule has 0 saturated heterocycles. The van der Waals surface area contributed by atoms with Gasteiger partial charge in [0.25, 0.3) is 0 Å². The van der Waals surface area contributed by atoms with Gasteiger partial charge in [-0.3, -0.25) is 4.98 Å². The summed E-state index contributed by atoms with van der Waals surface area (Å²) in [5.41, 5.74) is 2.85. The molecule has 13 heavy (non-hydrogen) atoms. The van der Waals surface area contributed by atoms with Gasteiger partial charge >= 0.3 is 0 Å². The molecular formula is C12H15N. The number of fused-ring (bicyclic) bond motifs is 1. The number of nitrogens with zero attached hydrogens (tertiary/aromatic N) is 1. The van der Waals surface area contributed by atoms with Gasteiger partial charge in [-0.1, -0.05) is 32.1 Å². The lowest BCUT2D eigenvalue weighted by atomic mass is 9.88. The van der Waals surface area contributed by atoms with Gasteiger partial charge in [0.2, 0.25) is 0 Å². The first-order valence-electron chi connectivity index (χ1n) is 4.80. The van der Waals surface area contributed by atoms with Crippen LogP contribution in [0.3, 0.4) is 0 Å². The second-order valence-corrected chi connectivity index (χ2v) is 4.36. The lowest BCUT2D eigenvalue weighted by Crippen LogP contribution is -2.07. The third-order valence-corrected chi connectivity index (χ3v) is 2.65. The largest absolute Gasteiger partial charge is 0.261 e. The summed E-state index contributed by atoms with van der Waals surface area (Å²) in [5.74, 6) is 0. The molecule has 1 heteroatoms. The quantitative estimate of drug-likeness (QED) is 0.587. The van der Waals surface area contributed by atoms with Gasteiger partial charge in [-0.2, -0.15) is 0 Å². The van der Waals surface area contributed by atoms with Crippen LogP contribution >= 0.6 is 0 Å². The first-order valence-corrected chi connectivity index (χ1v) is 4.80. The van der Waals surface area contributed by atoms with E-state index in [1.54, 1.807) is 0 Å². The van der Waals surface area contributed by atoms with Crippen molar-refractivity contribution in [3.8, 4) is 0 Å². The van der Waals surface area contributed by atoms with Gasteiger partial charge in [0.1, 0.15) is 0 Å². The SMILES string of the molecule is CC1(C)C=Cc2cccnc2CC1. The molecule has 0 atom stereocenters. The number of hydrogen-bond acceptors (Lipinski definition) is 1. The van der Waals surface area contributed by atoms with Gasteiger partial charge in [0.05, 0.1) is 0 Å². The molecule has 0 bridgehead atoms. The molecule has 0 fully saturated rings. The van der Waals surface area contributed by atoms with Crippen molar-refractivity contribution in [2.75, 3.05) is 0 Å². The van der Waals surface area contributed by atoms with E-state index < -0.39 is 0 Å². The van der Waals surface area contributed by atoms with Crippen LogP contribution in [-0.4, -0.2) is 4.98 Å². The molecule has 1 nitrogen and oxygen atoms in total. The van der Waals surface area contributed by atoms with Crippen molar-refractivity contribution < 1.29 is 0 Å². The van der Waals surface area contributed by atoms with Gasteiger partial charge in [0.15, 0.2) is 0 Å². The Morgan fingerprint density at radius 2 is 2.23 bits per heavy atom. The molecule has 0 amide bonds. The molecule has 1 heterocycles. The summed E-state index contributed by atoms with van der Waals surface area (Å²) < 4.78 is 0. The monoisotopic (exact) mass is 173 g/mol. The van der Waals surface area contributed by atoms with E-state index in [1.165, 1.54) is 17.7 Å². The molecule has 1 aliphatic rings. The first-order chi connectivity index (χ1) is 6.17. The third-order valence-electron chi connectivity index (χ3n) is 2.65. The highest BCUT2D eigenvalue weighted by Gasteiger charge is 2.17. The fourth-order valence-electron chi connectivity index (χ4n) is 1.65. The smallest absolute Gasteiger partial charge is 0.0476 e. The zero-order valence-electron chi connectivity index (χ0n) is 8.25. The standard InChI is InChI=1S/C12H15N/c1-12(2)7-5-10-4-3-9-13-11(10)6-8-12/h3-5,7,9H,6,8H2,1-2H3. The minimum atomic E-state index is 0.320. The Labute approximate surface area is 79.5 Å². The van der Waals surface area contributed by atoms with E-state index in [0.29, 0.717) is 5.41 Å². The van der Waals surface area contributed by atoms with E-state index in [4.69, 9.17) is 0 Å². The second kappa shape index (κ2) is 2.99. The number of allylic oxidation sites excluding steroid dienone is 1. The van der Waals surface area contributed by atoms with E-state index in [-0.39, 0.29) is 0 Å². The van der Waals surface area contributed by atoms with Crippen molar-refractivity contribution in [3.63, 3.8) is 0 Å². The summed E-state index contributed by atoms with van der Waals surface area (Å²) in [5, 5.41) is 0. The van der Waals surface area contributed by atoms with Crippen molar-refractivity contribution in [3.05, 3.63) is 35.7 Å². The first kappa shape index (κ1) is 8.49. The Bertz CT molecular complexity index is 337. The van der Waals surface area contributed by atoms with E-state index in [9.17, 15) is 0 Å². The van der Waals surface area contributed by atoms with E-state index in [2.05, 4.69) is 37.0 Å². The highest BCUT2D eigenvalue weighted by atomic mass is 14.7. The zero-order chi connectivity index (χ0) is 9.31. The Morgan fingerprint density at radius 3 is 3.08 bits per heavy atom. The number of aryl methyl sites for hydroxylation is 1. The van der Waals surface area contributed by atoms with Crippen LogP contribution in [0, 0.1) is 5.41 Å². The van der Waals surface area contributed by atoms with Crippen LogP contribution in [0.25, 0.3) is 6.08 Å². The molecular weight excluding hydrogens is 158 g/mol. The summed E-state index contributed by atoms with van der Waals surface area (Å²) in [6, 6.07) is 4.14. The van der Waals surface area contributed by atoms with Crippen molar-refractivity contribution in [2.24, 2.45) is 5.41 Å². The molecule has 1 aromatic heterocycles.